The lowest BCUT2D eigenvalue weighted by atomic mass is 9.96. The van der Waals surface area contributed by atoms with Gasteiger partial charge in [-0.3, -0.25) is 0 Å². The Morgan fingerprint density at radius 2 is 2.05 bits per heavy atom. The number of carbonyl (C=O) groups is 1. The Hall–Kier alpha value is -1.69. The van der Waals surface area contributed by atoms with Crippen LogP contribution in [0, 0.1) is 0 Å². The lowest BCUT2D eigenvalue weighted by molar-refractivity contribution is 0.244. The smallest absolute Gasteiger partial charge is 0.319 e. The Kier molecular flexibility index (Phi) is 3.59. The molecule has 3 rings (SSSR count). The number of nitrogens with one attached hydrogen (secondary N) is 2. The second kappa shape index (κ2) is 5.52. The fraction of sp³-hybridized carbons (Fsp3) is 0.462. The molecule has 1 aromatic carbocycles. The molecule has 0 saturated heterocycles. The minimum Gasteiger partial charge on any atom is -0.335 e. The van der Waals surface area contributed by atoms with Crippen molar-refractivity contribution in [3.63, 3.8) is 0 Å². The predicted octanol–water partition coefficient (Wildman–Crippen LogP) is 3.15. The van der Waals surface area contributed by atoms with Crippen LogP contribution in [0.5, 0.6) is 0 Å². The van der Waals surface area contributed by atoms with E-state index in [1.165, 1.54) is 19.3 Å². The van der Waals surface area contributed by atoms with E-state index in [0.717, 1.165) is 41.3 Å². The third-order valence-corrected chi connectivity index (χ3v) is 4.02. The lowest BCUT2D eigenvalue weighted by Crippen LogP contribution is -2.39. The predicted molar refractivity (Wildman–Crippen MR) is 76.4 cm³/mol. The molecule has 0 atom stereocenters. The number of benzene rings is 1. The summed E-state index contributed by atoms with van der Waals surface area (Å²) in [7, 11) is 0. The van der Waals surface area contributed by atoms with Gasteiger partial charge >= 0.3 is 6.03 Å². The van der Waals surface area contributed by atoms with Crippen LogP contribution < -0.4 is 10.6 Å². The highest BCUT2D eigenvalue weighted by atomic mass is 32.1. The minimum absolute atomic E-state index is 0.146. The number of urea groups is 1. The van der Waals surface area contributed by atoms with Crippen molar-refractivity contribution in [2.24, 2.45) is 0 Å². The van der Waals surface area contributed by atoms with Gasteiger partial charge in [0.2, 0.25) is 0 Å². The first kappa shape index (κ1) is 12.3. The highest BCUT2D eigenvalue weighted by Gasteiger charge is 2.16. The van der Waals surface area contributed by atoms with Gasteiger partial charge in [-0.15, -0.1) is 0 Å². The van der Waals surface area contributed by atoms with E-state index in [1.807, 2.05) is 18.2 Å². The largest absolute Gasteiger partial charge is 0.335 e. The number of hydrogen-bond acceptors (Lipinski definition) is 4. The number of aromatic nitrogens is 2. The van der Waals surface area contributed by atoms with E-state index in [-0.39, 0.29) is 6.03 Å². The van der Waals surface area contributed by atoms with Gasteiger partial charge in [-0.2, -0.15) is 8.75 Å². The number of anilines is 1. The van der Waals surface area contributed by atoms with Crippen LogP contribution in [0.2, 0.25) is 0 Å². The van der Waals surface area contributed by atoms with Gasteiger partial charge in [-0.25, -0.2) is 4.79 Å². The summed E-state index contributed by atoms with van der Waals surface area (Å²) in [5.74, 6) is 0. The van der Waals surface area contributed by atoms with Crippen LogP contribution in [0.4, 0.5) is 10.5 Å². The van der Waals surface area contributed by atoms with Crippen molar-refractivity contribution in [3.8, 4) is 0 Å². The first-order chi connectivity index (χ1) is 9.33. The van der Waals surface area contributed by atoms with Crippen LogP contribution in [0.1, 0.15) is 32.1 Å². The monoisotopic (exact) mass is 276 g/mol. The van der Waals surface area contributed by atoms with Gasteiger partial charge in [-0.1, -0.05) is 25.3 Å². The molecule has 1 heterocycles. The number of carbonyl (C=O) groups excluding carboxylic acids is 1. The summed E-state index contributed by atoms with van der Waals surface area (Å²) >= 11 is 1.16. The van der Waals surface area contributed by atoms with Gasteiger partial charge in [-0.05, 0) is 25.0 Å². The van der Waals surface area contributed by atoms with Crippen molar-refractivity contribution in [2.45, 2.75) is 38.1 Å². The van der Waals surface area contributed by atoms with Crippen molar-refractivity contribution in [1.29, 1.82) is 0 Å². The number of rotatable bonds is 2. The number of hydrogen-bond donors (Lipinski definition) is 2. The van der Waals surface area contributed by atoms with Crippen molar-refractivity contribution in [1.82, 2.24) is 14.1 Å². The molecular formula is C13H16N4OS. The molecule has 2 amide bonds. The second-order valence-electron chi connectivity index (χ2n) is 4.87. The quantitative estimate of drug-likeness (QED) is 0.885. The molecule has 6 heteroatoms. The summed E-state index contributed by atoms with van der Waals surface area (Å²) in [5, 5.41) is 5.90. The normalized spacial score (nSPS) is 16.4. The maximum absolute atomic E-state index is 12.0. The van der Waals surface area contributed by atoms with E-state index in [0.29, 0.717) is 6.04 Å². The Balaban J connectivity index is 1.67. The van der Waals surface area contributed by atoms with E-state index in [2.05, 4.69) is 19.4 Å². The van der Waals surface area contributed by atoms with E-state index < -0.39 is 0 Å². The standard InChI is InChI=1S/C13H16N4OS/c18-13(14-9-5-2-1-3-6-9)15-10-7-4-8-11-12(10)17-19-16-11/h4,7-9H,1-3,5-6H2,(H2,14,15,18). The van der Waals surface area contributed by atoms with E-state index in [9.17, 15) is 4.79 Å². The Bertz CT molecular complexity index is 577. The Morgan fingerprint density at radius 1 is 1.21 bits per heavy atom. The summed E-state index contributed by atoms with van der Waals surface area (Å²) in [6, 6.07) is 5.78. The summed E-state index contributed by atoms with van der Waals surface area (Å²) in [6.07, 6.45) is 5.85. The summed E-state index contributed by atoms with van der Waals surface area (Å²) in [4.78, 5) is 12.0. The first-order valence-electron chi connectivity index (χ1n) is 6.62. The molecule has 1 aliphatic carbocycles. The van der Waals surface area contributed by atoms with Crippen LogP contribution in [0.15, 0.2) is 18.2 Å². The van der Waals surface area contributed by atoms with Crippen molar-refractivity contribution >= 4 is 34.5 Å². The van der Waals surface area contributed by atoms with Crippen LogP contribution in [-0.2, 0) is 0 Å². The van der Waals surface area contributed by atoms with Gasteiger partial charge in [0.15, 0.2) is 0 Å². The zero-order chi connectivity index (χ0) is 13.1. The van der Waals surface area contributed by atoms with Crippen LogP contribution in [0.3, 0.4) is 0 Å². The molecule has 100 valence electrons. The Morgan fingerprint density at radius 3 is 2.89 bits per heavy atom. The number of amides is 2. The third-order valence-electron chi connectivity index (χ3n) is 3.47. The summed E-state index contributed by atoms with van der Waals surface area (Å²) in [6.45, 7) is 0. The number of nitrogens with zero attached hydrogens (tertiary/aromatic N) is 2. The third kappa shape index (κ3) is 2.84. The molecule has 19 heavy (non-hydrogen) atoms. The maximum atomic E-state index is 12.0. The molecule has 0 aliphatic heterocycles. The van der Waals surface area contributed by atoms with Crippen LogP contribution >= 0.6 is 11.7 Å². The minimum atomic E-state index is -0.146. The first-order valence-corrected chi connectivity index (χ1v) is 7.35. The van der Waals surface area contributed by atoms with Crippen molar-refractivity contribution in [2.75, 3.05) is 5.32 Å². The van der Waals surface area contributed by atoms with Crippen LogP contribution in [0.25, 0.3) is 11.0 Å². The molecule has 1 saturated carbocycles. The van der Waals surface area contributed by atoms with Gasteiger partial charge in [0.25, 0.3) is 0 Å². The zero-order valence-electron chi connectivity index (χ0n) is 10.6. The molecule has 1 fully saturated rings. The van der Waals surface area contributed by atoms with Gasteiger partial charge in [0.1, 0.15) is 11.0 Å². The summed E-state index contributed by atoms with van der Waals surface area (Å²) < 4.78 is 8.37. The lowest BCUT2D eigenvalue weighted by Gasteiger charge is -2.22. The zero-order valence-corrected chi connectivity index (χ0v) is 11.4. The molecule has 0 radical (unpaired) electrons. The van der Waals surface area contributed by atoms with E-state index in [1.54, 1.807) is 0 Å². The molecule has 0 unspecified atom stereocenters. The topological polar surface area (TPSA) is 66.9 Å². The molecule has 5 nitrogen and oxygen atoms in total. The molecule has 2 N–H and O–H groups in total. The number of fused-ring (bicyclic) bond motifs is 1. The highest BCUT2D eigenvalue weighted by molar-refractivity contribution is 7.00. The van der Waals surface area contributed by atoms with Gasteiger partial charge in [0, 0.05) is 6.04 Å². The van der Waals surface area contributed by atoms with E-state index >= 15 is 0 Å². The molecule has 1 aliphatic rings. The second-order valence-corrected chi connectivity index (χ2v) is 5.40. The molecule has 0 bridgehead atoms. The maximum Gasteiger partial charge on any atom is 0.319 e. The fourth-order valence-electron chi connectivity index (χ4n) is 2.50. The van der Waals surface area contributed by atoms with Crippen LogP contribution in [-0.4, -0.2) is 20.8 Å². The fourth-order valence-corrected chi connectivity index (χ4v) is 3.05. The molecule has 1 aromatic heterocycles. The van der Waals surface area contributed by atoms with Gasteiger partial charge in [0.05, 0.1) is 17.4 Å². The van der Waals surface area contributed by atoms with Crippen molar-refractivity contribution in [3.05, 3.63) is 18.2 Å². The average molecular weight is 276 g/mol. The molecular weight excluding hydrogens is 260 g/mol. The Labute approximate surface area is 115 Å². The van der Waals surface area contributed by atoms with Crippen molar-refractivity contribution < 1.29 is 4.79 Å². The van der Waals surface area contributed by atoms with E-state index in [4.69, 9.17) is 0 Å². The molecule has 2 aromatic rings. The highest BCUT2D eigenvalue weighted by Crippen LogP contribution is 2.21. The average Bonchev–Trinajstić information content (AvgIpc) is 2.89. The summed E-state index contributed by atoms with van der Waals surface area (Å²) in [5.41, 5.74) is 2.30. The molecule has 0 spiro atoms. The SMILES string of the molecule is O=C(Nc1cccc2nsnc12)NC1CCCCC1. The van der Waals surface area contributed by atoms with Gasteiger partial charge < -0.3 is 10.6 Å².